The topological polar surface area (TPSA) is 86.7 Å². The third kappa shape index (κ3) is 5.39. The van der Waals surface area contributed by atoms with E-state index < -0.39 is 17.9 Å². The Morgan fingerprint density at radius 1 is 1.33 bits per heavy atom. The molecule has 1 saturated heterocycles. The summed E-state index contributed by atoms with van der Waals surface area (Å²) >= 11 is 5.86. The zero-order valence-electron chi connectivity index (χ0n) is 13.2. The minimum Gasteiger partial charge on any atom is -0.481 e. The standard InChI is InChI=1S/C16H19ClN2O4.ClH/c1-10(20)18-14(11-2-4-13(17)5-3-11)8-15(21)19-7-6-12(9-19)16(22)23;/h2-5,12,14H,6-9H2,1H3,(H,18,20)(H,22,23);1H. The predicted molar refractivity (Wildman–Crippen MR) is 92.2 cm³/mol. The molecule has 1 fully saturated rings. The maximum atomic E-state index is 12.4. The smallest absolute Gasteiger partial charge is 0.308 e. The minimum absolute atomic E-state index is 0. The molecule has 2 atom stereocenters. The summed E-state index contributed by atoms with van der Waals surface area (Å²) in [5.41, 5.74) is 0.784. The van der Waals surface area contributed by atoms with Crippen molar-refractivity contribution >= 4 is 41.8 Å². The van der Waals surface area contributed by atoms with Crippen molar-refractivity contribution < 1.29 is 19.5 Å². The van der Waals surface area contributed by atoms with Crippen LogP contribution in [-0.4, -0.2) is 40.9 Å². The molecule has 0 radical (unpaired) electrons. The molecule has 8 heteroatoms. The van der Waals surface area contributed by atoms with Gasteiger partial charge in [0.1, 0.15) is 0 Å². The number of rotatable bonds is 5. The molecule has 2 rings (SSSR count). The van der Waals surface area contributed by atoms with Gasteiger partial charge in [-0.3, -0.25) is 14.4 Å². The van der Waals surface area contributed by atoms with Gasteiger partial charge in [0.2, 0.25) is 11.8 Å². The number of carboxylic acid groups (broad SMARTS) is 1. The number of hydrogen-bond donors (Lipinski definition) is 2. The number of benzene rings is 1. The van der Waals surface area contributed by atoms with Crippen LogP contribution in [0.4, 0.5) is 0 Å². The normalized spacial score (nSPS) is 17.8. The molecule has 1 aromatic rings. The Bertz CT molecular complexity index is 607. The third-order valence-corrected chi connectivity index (χ3v) is 4.17. The largest absolute Gasteiger partial charge is 0.481 e. The minimum atomic E-state index is -0.878. The van der Waals surface area contributed by atoms with Gasteiger partial charge in [-0.1, -0.05) is 23.7 Å². The van der Waals surface area contributed by atoms with E-state index in [2.05, 4.69) is 5.32 Å². The van der Waals surface area contributed by atoms with Crippen LogP contribution in [0.1, 0.15) is 31.4 Å². The van der Waals surface area contributed by atoms with Crippen molar-refractivity contribution in [2.24, 2.45) is 5.92 Å². The number of nitrogens with zero attached hydrogens (tertiary/aromatic N) is 1. The van der Waals surface area contributed by atoms with Crippen LogP contribution < -0.4 is 5.32 Å². The van der Waals surface area contributed by atoms with Gasteiger partial charge in [-0.25, -0.2) is 0 Å². The fourth-order valence-electron chi connectivity index (χ4n) is 2.68. The van der Waals surface area contributed by atoms with E-state index in [4.69, 9.17) is 16.7 Å². The lowest BCUT2D eigenvalue weighted by molar-refractivity contribution is -0.141. The second kappa shape index (κ2) is 8.89. The second-order valence-corrected chi connectivity index (χ2v) is 6.11. The molecular formula is C16H20Cl2N2O4. The summed E-state index contributed by atoms with van der Waals surface area (Å²) in [5, 5.41) is 12.3. The molecule has 2 N–H and O–H groups in total. The number of carbonyl (C=O) groups is 3. The molecule has 1 aliphatic heterocycles. The molecule has 0 aromatic heterocycles. The Morgan fingerprint density at radius 3 is 2.46 bits per heavy atom. The molecule has 1 aromatic carbocycles. The lowest BCUT2D eigenvalue weighted by Crippen LogP contribution is -2.35. The lowest BCUT2D eigenvalue weighted by Gasteiger charge is -2.22. The maximum absolute atomic E-state index is 12.4. The van der Waals surface area contributed by atoms with Crippen LogP contribution in [0.2, 0.25) is 5.02 Å². The monoisotopic (exact) mass is 374 g/mol. The van der Waals surface area contributed by atoms with Gasteiger partial charge < -0.3 is 15.3 Å². The second-order valence-electron chi connectivity index (χ2n) is 5.67. The van der Waals surface area contributed by atoms with Crippen molar-refractivity contribution in [1.29, 1.82) is 0 Å². The predicted octanol–water partition coefficient (Wildman–Crippen LogP) is 2.26. The van der Waals surface area contributed by atoms with Crippen molar-refractivity contribution in [3.8, 4) is 0 Å². The lowest BCUT2D eigenvalue weighted by atomic mass is 10.0. The van der Waals surface area contributed by atoms with E-state index in [-0.39, 0.29) is 37.2 Å². The van der Waals surface area contributed by atoms with E-state index in [1.807, 2.05) is 0 Å². The molecule has 0 bridgehead atoms. The number of hydrogen-bond acceptors (Lipinski definition) is 3. The molecule has 0 spiro atoms. The molecule has 0 aliphatic carbocycles. The first-order chi connectivity index (χ1) is 10.9. The molecule has 6 nitrogen and oxygen atoms in total. The Labute approximate surface area is 151 Å². The van der Waals surface area contributed by atoms with Crippen molar-refractivity contribution in [3.05, 3.63) is 34.9 Å². The fraction of sp³-hybridized carbons (Fsp3) is 0.438. The van der Waals surface area contributed by atoms with E-state index in [0.29, 0.717) is 18.0 Å². The number of amides is 2. The molecular weight excluding hydrogens is 355 g/mol. The SMILES string of the molecule is CC(=O)NC(CC(=O)N1CCC(C(=O)O)C1)c1ccc(Cl)cc1.Cl. The first-order valence-corrected chi connectivity index (χ1v) is 7.77. The molecule has 1 heterocycles. The zero-order valence-corrected chi connectivity index (χ0v) is 14.8. The maximum Gasteiger partial charge on any atom is 0.308 e. The fourth-order valence-corrected chi connectivity index (χ4v) is 2.81. The summed E-state index contributed by atoms with van der Waals surface area (Å²) in [7, 11) is 0. The van der Waals surface area contributed by atoms with Gasteiger partial charge >= 0.3 is 5.97 Å². The summed E-state index contributed by atoms with van der Waals surface area (Å²) in [6, 6.07) is 6.47. The van der Waals surface area contributed by atoms with Crippen LogP contribution in [0.5, 0.6) is 0 Å². The van der Waals surface area contributed by atoms with Crippen molar-refractivity contribution in [2.45, 2.75) is 25.8 Å². The van der Waals surface area contributed by atoms with E-state index in [1.165, 1.54) is 6.92 Å². The van der Waals surface area contributed by atoms with Crippen LogP contribution in [0.3, 0.4) is 0 Å². The molecule has 2 unspecified atom stereocenters. The summed E-state index contributed by atoms with van der Waals surface area (Å²) in [6.45, 7) is 2.05. The average Bonchev–Trinajstić information content (AvgIpc) is 2.97. The van der Waals surface area contributed by atoms with Crippen LogP contribution >= 0.6 is 24.0 Å². The molecule has 132 valence electrons. The van der Waals surface area contributed by atoms with Crippen LogP contribution in [0.15, 0.2) is 24.3 Å². The quantitative estimate of drug-likeness (QED) is 0.827. The highest BCUT2D eigenvalue weighted by Gasteiger charge is 2.32. The van der Waals surface area contributed by atoms with E-state index in [9.17, 15) is 14.4 Å². The molecule has 0 saturated carbocycles. The zero-order chi connectivity index (χ0) is 17.0. The van der Waals surface area contributed by atoms with Gasteiger partial charge in [-0.05, 0) is 24.1 Å². The van der Waals surface area contributed by atoms with Gasteiger partial charge in [0.25, 0.3) is 0 Å². The highest BCUT2D eigenvalue weighted by Crippen LogP contribution is 2.23. The highest BCUT2D eigenvalue weighted by atomic mass is 35.5. The third-order valence-electron chi connectivity index (χ3n) is 3.92. The number of nitrogens with one attached hydrogen (secondary N) is 1. The van der Waals surface area contributed by atoms with Crippen LogP contribution in [0, 0.1) is 5.92 Å². The van der Waals surface area contributed by atoms with Crippen molar-refractivity contribution in [3.63, 3.8) is 0 Å². The van der Waals surface area contributed by atoms with Gasteiger partial charge in [-0.2, -0.15) is 0 Å². The van der Waals surface area contributed by atoms with Crippen molar-refractivity contribution in [2.75, 3.05) is 13.1 Å². The van der Waals surface area contributed by atoms with Crippen LogP contribution in [-0.2, 0) is 14.4 Å². The van der Waals surface area contributed by atoms with Crippen LogP contribution in [0.25, 0.3) is 0 Å². The van der Waals surface area contributed by atoms with E-state index in [1.54, 1.807) is 29.2 Å². The van der Waals surface area contributed by atoms with E-state index in [0.717, 1.165) is 5.56 Å². The van der Waals surface area contributed by atoms with Gasteiger partial charge in [0.15, 0.2) is 0 Å². The Balaban J connectivity index is 0.00000288. The summed E-state index contributed by atoms with van der Waals surface area (Å²) in [5.74, 6) is -1.78. The molecule has 1 aliphatic rings. The van der Waals surface area contributed by atoms with Gasteiger partial charge in [0, 0.05) is 25.0 Å². The number of carboxylic acids is 1. The van der Waals surface area contributed by atoms with Crippen molar-refractivity contribution in [1.82, 2.24) is 10.2 Å². The number of likely N-dealkylation sites (tertiary alicyclic amines) is 1. The van der Waals surface area contributed by atoms with Gasteiger partial charge in [-0.15, -0.1) is 12.4 Å². The van der Waals surface area contributed by atoms with Gasteiger partial charge in [0.05, 0.1) is 18.4 Å². The Morgan fingerprint density at radius 2 is 1.96 bits per heavy atom. The first-order valence-electron chi connectivity index (χ1n) is 7.40. The summed E-state index contributed by atoms with van der Waals surface area (Å²) < 4.78 is 0. The Kier molecular flexibility index (Phi) is 7.51. The van der Waals surface area contributed by atoms with E-state index >= 15 is 0 Å². The number of carbonyl (C=O) groups excluding carboxylic acids is 2. The number of aliphatic carboxylic acids is 1. The summed E-state index contributed by atoms with van der Waals surface area (Å²) in [4.78, 5) is 36.3. The summed E-state index contributed by atoms with van der Waals surface area (Å²) in [6.07, 6.45) is 0.556. The number of halogens is 2. The Hall–Kier alpha value is -1.79. The first kappa shape index (κ1) is 20.3. The molecule has 24 heavy (non-hydrogen) atoms. The average molecular weight is 375 g/mol. The molecule has 2 amide bonds. The highest BCUT2D eigenvalue weighted by molar-refractivity contribution is 6.30.